The highest BCUT2D eigenvalue weighted by Gasteiger charge is 2.16. The van der Waals surface area contributed by atoms with Crippen LogP contribution in [0.5, 0.6) is 0 Å². The summed E-state index contributed by atoms with van der Waals surface area (Å²) in [6.45, 7) is 0.511. The SMILES string of the molecule is O=C(NCCCc1ccc(Cl)cc1)c1cc2nc[nH]c(=O)c2cc1-c1cccc(Cl)c1. The molecule has 0 fully saturated rings. The Morgan fingerprint density at radius 1 is 1.00 bits per heavy atom. The molecule has 1 heterocycles. The van der Waals surface area contributed by atoms with E-state index in [2.05, 4.69) is 15.3 Å². The fraction of sp³-hybridized carbons (Fsp3) is 0.125. The number of amides is 1. The second-order valence-electron chi connectivity index (χ2n) is 7.14. The number of nitrogens with one attached hydrogen (secondary N) is 2. The molecular weight excluding hydrogens is 433 g/mol. The molecule has 0 aliphatic heterocycles. The number of nitrogens with zero attached hydrogens (tertiary/aromatic N) is 1. The molecule has 156 valence electrons. The normalized spacial score (nSPS) is 10.9. The van der Waals surface area contributed by atoms with E-state index in [1.807, 2.05) is 36.4 Å². The van der Waals surface area contributed by atoms with Crippen LogP contribution in [0.4, 0.5) is 0 Å². The summed E-state index contributed by atoms with van der Waals surface area (Å²) < 4.78 is 0. The second kappa shape index (κ2) is 9.33. The van der Waals surface area contributed by atoms with Crippen molar-refractivity contribution in [1.29, 1.82) is 0 Å². The standard InChI is InChI=1S/C24H19Cl2N3O2/c25-17-8-6-15(7-9-17)3-2-10-27-23(30)20-13-22-21(24(31)29-14-28-22)12-19(20)16-4-1-5-18(26)11-16/h1,4-9,11-14H,2-3,10H2,(H,27,30)(H,28,29,31). The lowest BCUT2D eigenvalue weighted by molar-refractivity contribution is 0.0954. The molecule has 31 heavy (non-hydrogen) atoms. The Labute approximate surface area is 189 Å². The number of fused-ring (bicyclic) bond motifs is 1. The minimum atomic E-state index is -0.261. The lowest BCUT2D eigenvalue weighted by atomic mass is 9.97. The van der Waals surface area contributed by atoms with Gasteiger partial charge in [0.2, 0.25) is 0 Å². The van der Waals surface area contributed by atoms with E-state index in [4.69, 9.17) is 23.2 Å². The average molecular weight is 452 g/mol. The highest BCUT2D eigenvalue weighted by atomic mass is 35.5. The molecule has 2 N–H and O–H groups in total. The Morgan fingerprint density at radius 2 is 1.81 bits per heavy atom. The number of carbonyl (C=O) groups is 1. The van der Waals surface area contributed by atoms with E-state index in [9.17, 15) is 9.59 Å². The van der Waals surface area contributed by atoms with Crippen molar-refractivity contribution in [2.45, 2.75) is 12.8 Å². The number of rotatable bonds is 6. The van der Waals surface area contributed by atoms with Crippen LogP contribution < -0.4 is 10.9 Å². The molecule has 0 saturated heterocycles. The molecule has 0 unspecified atom stereocenters. The Morgan fingerprint density at radius 3 is 2.58 bits per heavy atom. The number of hydrogen-bond acceptors (Lipinski definition) is 3. The van der Waals surface area contributed by atoms with Gasteiger partial charge in [-0.05, 0) is 65.9 Å². The summed E-state index contributed by atoms with van der Waals surface area (Å²) in [6, 6.07) is 18.2. The maximum atomic E-state index is 13.0. The Balaban J connectivity index is 1.59. The van der Waals surface area contributed by atoms with Crippen molar-refractivity contribution >= 4 is 40.0 Å². The van der Waals surface area contributed by atoms with Crippen LogP contribution in [0.1, 0.15) is 22.3 Å². The first-order valence-electron chi connectivity index (χ1n) is 9.81. The van der Waals surface area contributed by atoms with Crippen molar-refractivity contribution in [3.05, 3.63) is 98.5 Å². The van der Waals surface area contributed by atoms with Crippen LogP contribution in [-0.4, -0.2) is 22.4 Å². The van der Waals surface area contributed by atoms with Gasteiger partial charge in [0.15, 0.2) is 0 Å². The minimum Gasteiger partial charge on any atom is -0.352 e. The number of aromatic nitrogens is 2. The number of benzene rings is 3. The molecule has 7 heteroatoms. The van der Waals surface area contributed by atoms with Crippen molar-refractivity contribution < 1.29 is 4.79 Å². The van der Waals surface area contributed by atoms with Crippen molar-refractivity contribution in [3.63, 3.8) is 0 Å². The number of H-pyrrole nitrogens is 1. The van der Waals surface area contributed by atoms with Crippen LogP contribution in [0.15, 0.2) is 71.8 Å². The fourth-order valence-corrected chi connectivity index (χ4v) is 3.75. The Hall–Kier alpha value is -3.15. The Kier molecular flexibility index (Phi) is 6.35. The predicted octanol–water partition coefficient (Wildman–Crippen LogP) is 5.26. The van der Waals surface area contributed by atoms with Crippen LogP contribution in [0, 0.1) is 0 Å². The number of aryl methyl sites for hydroxylation is 1. The molecule has 4 rings (SSSR count). The first kappa shape index (κ1) is 21.1. The topological polar surface area (TPSA) is 74.8 Å². The third-order valence-corrected chi connectivity index (χ3v) is 5.49. The first-order valence-corrected chi connectivity index (χ1v) is 10.6. The number of aromatic amines is 1. The summed E-state index contributed by atoms with van der Waals surface area (Å²) in [5.74, 6) is -0.227. The molecule has 1 aromatic heterocycles. The molecule has 0 bridgehead atoms. The second-order valence-corrected chi connectivity index (χ2v) is 8.02. The maximum Gasteiger partial charge on any atom is 0.258 e. The summed E-state index contributed by atoms with van der Waals surface area (Å²) in [5, 5.41) is 4.64. The molecule has 0 spiro atoms. The highest BCUT2D eigenvalue weighted by Crippen LogP contribution is 2.29. The Bertz CT molecular complexity index is 1300. The summed E-state index contributed by atoms with van der Waals surface area (Å²) >= 11 is 12.1. The molecule has 0 radical (unpaired) electrons. The predicted molar refractivity (Wildman–Crippen MR) is 125 cm³/mol. The quantitative estimate of drug-likeness (QED) is 0.392. The van der Waals surface area contributed by atoms with Gasteiger partial charge in [-0.15, -0.1) is 0 Å². The molecule has 0 aliphatic carbocycles. The van der Waals surface area contributed by atoms with Crippen LogP contribution in [0.2, 0.25) is 10.0 Å². The van der Waals surface area contributed by atoms with Gasteiger partial charge in [0.1, 0.15) is 0 Å². The third kappa shape index (κ3) is 4.95. The largest absolute Gasteiger partial charge is 0.352 e. The third-order valence-electron chi connectivity index (χ3n) is 5.00. The van der Waals surface area contributed by atoms with Crippen molar-refractivity contribution in [2.75, 3.05) is 6.54 Å². The van der Waals surface area contributed by atoms with E-state index in [0.717, 1.165) is 24.0 Å². The van der Waals surface area contributed by atoms with Crippen LogP contribution in [-0.2, 0) is 6.42 Å². The smallest absolute Gasteiger partial charge is 0.258 e. The van der Waals surface area contributed by atoms with Gasteiger partial charge in [-0.2, -0.15) is 0 Å². The number of halogens is 2. The zero-order chi connectivity index (χ0) is 21.8. The maximum absolute atomic E-state index is 13.0. The number of carbonyl (C=O) groups excluding carboxylic acids is 1. The van der Waals surface area contributed by atoms with Gasteiger partial charge in [-0.3, -0.25) is 9.59 Å². The zero-order valence-corrected chi connectivity index (χ0v) is 18.0. The molecule has 5 nitrogen and oxygen atoms in total. The molecule has 1 amide bonds. The first-order chi connectivity index (χ1) is 15.0. The van der Waals surface area contributed by atoms with Crippen LogP contribution in [0.25, 0.3) is 22.0 Å². The van der Waals surface area contributed by atoms with Crippen molar-refractivity contribution in [2.24, 2.45) is 0 Å². The average Bonchev–Trinajstić information content (AvgIpc) is 2.77. The summed E-state index contributed by atoms with van der Waals surface area (Å²) in [7, 11) is 0. The van der Waals surface area contributed by atoms with Gasteiger partial charge in [-0.1, -0.05) is 47.5 Å². The van der Waals surface area contributed by atoms with E-state index >= 15 is 0 Å². The molecule has 0 atom stereocenters. The monoisotopic (exact) mass is 451 g/mol. The molecule has 0 saturated carbocycles. The van der Waals surface area contributed by atoms with E-state index < -0.39 is 0 Å². The minimum absolute atomic E-state index is 0.227. The summed E-state index contributed by atoms with van der Waals surface area (Å²) in [6.07, 6.45) is 2.94. The highest BCUT2D eigenvalue weighted by molar-refractivity contribution is 6.31. The van der Waals surface area contributed by atoms with Crippen molar-refractivity contribution in [3.8, 4) is 11.1 Å². The van der Waals surface area contributed by atoms with E-state index in [1.165, 1.54) is 6.33 Å². The van der Waals surface area contributed by atoms with Crippen LogP contribution in [0.3, 0.4) is 0 Å². The molecule has 0 aliphatic rings. The fourth-order valence-electron chi connectivity index (χ4n) is 3.44. The van der Waals surface area contributed by atoms with Crippen molar-refractivity contribution in [1.82, 2.24) is 15.3 Å². The van der Waals surface area contributed by atoms with Gasteiger partial charge in [0, 0.05) is 22.2 Å². The molecule has 3 aromatic carbocycles. The van der Waals surface area contributed by atoms with Gasteiger partial charge in [-0.25, -0.2) is 4.98 Å². The lowest BCUT2D eigenvalue weighted by Gasteiger charge is -2.12. The van der Waals surface area contributed by atoms with E-state index in [1.54, 1.807) is 24.3 Å². The lowest BCUT2D eigenvalue weighted by Crippen LogP contribution is -2.25. The molecule has 4 aromatic rings. The van der Waals surface area contributed by atoms with Gasteiger partial charge in [0.25, 0.3) is 11.5 Å². The van der Waals surface area contributed by atoms with E-state index in [-0.39, 0.29) is 11.5 Å². The molecular formula is C24H19Cl2N3O2. The van der Waals surface area contributed by atoms with Gasteiger partial charge >= 0.3 is 0 Å². The van der Waals surface area contributed by atoms with Gasteiger partial charge < -0.3 is 10.3 Å². The zero-order valence-electron chi connectivity index (χ0n) is 16.5. The van der Waals surface area contributed by atoms with Gasteiger partial charge in [0.05, 0.1) is 17.2 Å². The summed E-state index contributed by atoms with van der Waals surface area (Å²) in [4.78, 5) is 32.1. The van der Waals surface area contributed by atoms with E-state index in [0.29, 0.717) is 38.6 Å². The number of hydrogen-bond donors (Lipinski definition) is 2. The van der Waals surface area contributed by atoms with Crippen LogP contribution >= 0.6 is 23.2 Å². The summed E-state index contributed by atoms with van der Waals surface area (Å²) in [5.41, 5.74) is 3.18.